The quantitative estimate of drug-likeness (QED) is 0.593. The molecule has 1 heterocycles. The van der Waals surface area contributed by atoms with Crippen LogP contribution in [0.4, 0.5) is 0 Å². The van der Waals surface area contributed by atoms with Gasteiger partial charge in [-0.1, -0.05) is 25.7 Å². The van der Waals surface area contributed by atoms with Gasteiger partial charge in [0.15, 0.2) is 0 Å². The van der Waals surface area contributed by atoms with Crippen LogP contribution >= 0.6 is 12.4 Å². The number of ether oxygens (including phenoxy) is 2. The number of halogens is 1. The van der Waals surface area contributed by atoms with Crippen LogP contribution in [-0.4, -0.2) is 50.3 Å². The zero-order valence-electron chi connectivity index (χ0n) is 12.5. The molecule has 1 saturated carbocycles. The zero-order valence-corrected chi connectivity index (χ0v) is 13.3. The van der Waals surface area contributed by atoms with Crippen molar-refractivity contribution in [2.75, 3.05) is 26.8 Å². The second-order valence-electron chi connectivity index (χ2n) is 5.54. The van der Waals surface area contributed by atoms with Crippen molar-refractivity contribution in [2.45, 2.75) is 50.2 Å². The molecule has 1 atom stereocenters. The van der Waals surface area contributed by atoms with Crippen LogP contribution in [-0.2, 0) is 19.1 Å². The normalized spacial score (nSPS) is 25.1. The summed E-state index contributed by atoms with van der Waals surface area (Å²) >= 11 is 0. The van der Waals surface area contributed by atoms with Crippen LogP contribution in [0.5, 0.6) is 0 Å². The van der Waals surface area contributed by atoms with Crippen molar-refractivity contribution < 1.29 is 19.1 Å². The molecule has 7 heteroatoms. The van der Waals surface area contributed by atoms with E-state index in [2.05, 4.69) is 10.6 Å². The largest absolute Gasteiger partial charge is 0.467 e. The monoisotopic (exact) mass is 320 g/mol. The molecule has 21 heavy (non-hydrogen) atoms. The first-order valence-corrected chi connectivity index (χ1v) is 7.41. The van der Waals surface area contributed by atoms with Crippen molar-refractivity contribution in [1.82, 2.24) is 10.6 Å². The molecule has 0 radical (unpaired) electrons. The van der Waals surface area contributed by atoms with E-state index in [0.717, 1.165) is 32.2 Å². The van der Waals surface area contributed by atoms with Crippen LogP contribution in [0, 0.1) is 0 Å². The molecule has 6 nitrogen and oxygen atoms in total. The van der Waals surface area contributed by atoms with Gasteiger partial charge in [0.1, 0.15) is 11.6 Å². The van der Waals surface area contributed by atoms with E-state index in [9.17, 15) is 9.59 Å². The van der Waals surface area contributed by atoms with Gasteiger partial charge in [-0.05, 0) is 12.8 Å². The fourth-order valence-electron chi connectivity index (χ4n) is 2.96. The third-order valence-electron chi connectivity index (χ3n) is 4.12. The number of amides is 1. The maximum Gasteiger partial charge on any atom is 0.331 e. The molecule has 0 spiro atoms. The summed E-state index contributed by atoms with van der Waals surface area (Å²) in [6.45, 7) is 1.76. The van der Waals surface area contributed by atoms with Crippen LogP contribution in [0.3, 0.4) is 0 Å². The summed E-state index contributed by atoms with van der Waals surface area (Å²) in [6.07, 6.45) is 4.82. The number of hydrogen-bond donors (Lipinski definition) is 2. The Labute approximate surface area is 131 Å². The molecule has 0 aromatic heterocycles. The van der Waals surface area contributed by atoms with Crippen molar-refractivity contribution >= 4 is 24.3 Å². The van der Waals surface area contributed by atoms with Crippen LogP contribution in [0.15, 0.2) is 0 Å². The van der Waals surface area contributed by atoms with Crippen LogP contribution < -0.4 is 10.6 Å². The maximum absolute atomic E-state index is 12.3. The molecule has 1 saturated heterocycles. The first-order valence-electron chi connectivity index (χ1n) is 7.41. The topological polar surface area (TPSA) is 76.7 Å². The first-order chi connectivity index (χ1) is 9.68. The van der Waals surface area contributed by atoms with Crippen molar-refractivity contribution in [3.63, 3.8) is 0 Å². The van der Waals surface area contributed by atoms with Gasteiger partial charge in [-0.15, -0.1) is 12.4 Å². The lowest BCUT2D eigenvalue weighted by Crippen LogP contribution is -2.59. The summed E-state index contributed by atoms with van der Waals surface area (Å²) in [7, 11) is 1.37. The summed E-state index contributed by atoms with van der Waals surface area (Å²) in [5.41, 5.74) is -0.872. The molecule has 1 amide bonds. The van der Waals surface area contributed by atoms with Crippen molar-refractivity contribution in [2.24, 2.45) is 0 Å². The maximum atomic E-state index is 12.3. The highest BCUT2D eigenvalue weighted by atomic mass is 35.5. The van der Waals surface area contributed by atoms with Gasteiger partial charge in [0, 0.05) is 13.1 Å². The summed E-state index contributed by atoms with van der Waals surface area (Å²) in [4.78, 5) is 24.5. The van der Waals surface area contributed by atoms with E-state index in [4.69, 9.17) is 9.47 Å². The third-order valence-corrected chi connectivity index (χ3v) is 4.12. The zero-order chi connectivity index (χ0) is 14.4. The summed E-state index contributed by atoms with van der Waals surface area (Å²) < 4.78 is 10.4. The summed E-state index contributed by atoms with van der Waals surface area (Å²) in [6, 6.07) is 0. The number of carbonyl (C=O) groups excluding carboxylic acids is 2. The van der Waals surface area contributed by atoms with Crippen LogP contribution in [0.25, 0.3) is 0 Å². The van der Waals surface area contributed by atoms with Gasteiger partial charge in [-0.2, -0.15) is 0 Å². The van der Waals surface area contributed by atoms with E-state index < -0.39 is 11.6 Å². The summed E-state index contributed by atoms with van der Waals surface area (Å²) in [5, 5.41) is 6.03. The Morgan fingerprint density at radius 1 is 1.24 bits per heavy atom. The molecular formula is C14H25ClN2O4. The summed E-state index contributed by atoms with van der Waals surface area (Å²) in [5.74, 6) is -0.555. The van der Waals surface area contributed by atoms with Crippen molar-refractivity contribution in [3.05, 3.63) is 0 Å². The first kappa shape index (κ1) is 18.2. The minimum absolute atomic E-state index is 0. The molecule has 1 unspecified atom stereocenters. The van der Waals surface area contributed by atoms with Gasteiger partial charge in [0.05, 0.1) is 13.7 Å². The molecule has 1 aliphatic heterocycles. The minimum atomic E-state index is -0.872. The molecule has 0 aromatic rings. The van der Waals surface area contributed by atoms with Crippen LogP contribution in [0.1, 0.15) is 38.5 Å². The van der Waals surface area contributed by atoms with E-state index in [1.54, 1.807) is 0 Å². The van der Waals surface area contributed by atoms with Gasteiger partial charge in [-0.25, -0.2) is 4.79 Å². The highest BCUT2D eigenvalue weighted by molar-refractivity contribution is 5.90. The lowest BCUT2D eigenvalue weighted by molar-refractivity contribution is -0.154. The van der Waals surface area contributed by atoms with Gasteiger partial charge in [-0.3, -0.25) is 4.79 Å². The van der Waals surface area contributed by atoms with Crippen molar-refractivity contribution in [3.8, 4) is 0 Å². The molecule has 0 aromatic carbocycles. The van der Waals surface area contributed by atoms with Crippen molar-refractivity contribution in [1.29, 1.82) is 0 Å². The van der Waals surface area contributed by atoms with Gasteiger partial charge in [0.25, 0.3) is 5.91 Å². The number of hydrogen-bond acceptors (Lipinski definition) is 5. The SMILES string of the molecule is COC(=O)C1(NC(=O)C2CNCCO2)CCCCCC1.Cl. The Morgan fingerprint density at radius 2 is 1.90 bits per heavy atom. The van der Waals surface area contributed by atoms with E-state index in [-0.39, 0.29) is 24.3 Å². The highest BCUT2D eigenvalue weighted by Crippen LogP contribution is 2.28. The molecule has 2 fully saturated rings. The minimum Gasteiger partial charge on any atom is -0.467 e. The number of nitrogens with one attached hydrogen (secondary N) is 2. The number of methoxy groups -OCH3 is 1. The predicted molar refractivity (Wildman–Crippen MR) is 80.4 cm³/mol. The Morgan fingerprint density at radius 3 is 2.43 bits per heavy atom. The van der Waals surface area contributed by atoms with E-state index in [0.29, 0.717) is 26.0 Å². The Balaban J connectivity index is 0.00000220. The third kappa shape index (κ3) is 4.56. The lowest BCUT2D eigenvalue weighted by atomic mass is 9.89. The number of carbonyl (C=O) groups is 2. The van der Waals surface area contributed by atoms with Gasteiger partial charge >= 0.3 is 5.97 Å². The van der Waals surface area contributed by atoms with E-state index in [1.807, 2.05) is 0 Å². The molecule has 2 aliphatic rings. The fraction of sp³-hybridized carbons (Fsp3) is 0.857. The van der Waals surface area contributed by atoms with E-state index >= 15 is 0 Å². The van der Waals surface area contributed by atoms with Gasteiger partial charge < -0.3 is 20.1 Å². The smallest absolute Gasteiger partial charge is 0.331 e. The number of morpholine rings is 1. The molecule has 1 aliphatic carbocycles. The predicted octanol–water partition coefficient (Wildman–Crippen LogP) is 0.779. The Bertz CT molecular complexity index is 351. The number of rotatable bonds is 3. The van der Waals surface area contributed by atoms with Gasteiger partial charge in [0.2, 0.25) is 0 Å². The number of esters is 1. The Hall–Kier alpha value is -0.850. The lowest BCUT2D eigenvalue weighted by Gasteiger charge is -2.33. The van der Waals surface area contributed by atoms with E-state index in [1.165, 1.54) is 7.11 Å². The second-order valence-corrected chi connectivity index (χ2v) is 5.54. The second kappa shape index (κ2) is 8.56. The standard InChI is InChI=1S/C14H24N2O4.ClH/c1-19-13(18)14(6-4-2-3-5-7-14)16-12(17)11-10-15-8-9-20-11;/h11,15H,2-10H2,1H3,(H,16,17);1H. The molecule has 122 valence electrons. The Kier molecular flexibility index (Phi) is 7.42. The average Bonchev–Trinajstić information content (AvgIpc) is 2.74. The molecular weight excluding hydrogens is 296 g/mol. The molecule has 2 N–H and O–H groups in total. The fourth-order valence-corrected chi connectivity index (χ4v) is 2.96. The molecule has 0 bridgehead atoms. The highest BCUT2D eigenvalue weighted by Gasteiger charge is 2.42. The molecule has 2 rings (SSSR count). The van der Waals surface area contributed by atoms with Crippen LogP contribution in [0.2, 0.25) is 0 Å². The average molecular weight is 321 g/mol.